The summed E-state index contributed by atoms with van der Waals surface area (Å²) >= 11 is 0. The van der Waals surface area contributed by atoms with Crippen LogP contribution in [-0.4, -0.2) is 39.5 Å². The number of carbonyl (C=O) groups excluding carboxylic acids is 1. The standard InChI is InChI=1S/C20H22N2O4/c1-24-18-11-5-8-16(20(18)25-2)13-21-26-14-19(23)22-12-6-9-15-7-3-4-10-17(15)22/h3-5,7-8,10-11,13H,6,9,12,14H2,1-2H3/b21-13-. The highest BCUT2D eigenvalue weighted by Crippen LogP contribution is 2.29. The largest absolute Gasteiger partial charge is 0.493 e. The van der Waals surface area contributed by atoms with Gasteiger partial charge in [-0.25, -0.2) is 0 Å². The smallest absolute Gasteiger partial charge is 0.267 e. The van der Waals surface area contributed by atoms with Crippen LogP contribution < -0.4 is 14.4 Å². The van der Waals surface area contributed by atoms with Gasteiger partial charge in [-0.3, -0.25) is 4.79 Å². The number of ether oxygens (including phenoxy) is 2. The Hall–Kier alpha value is -3.02. The van der Waals surface area contributed by atoms with Gasteiger partial charge in [0.15, 0.2) is 18.1 Å². The van der Waals surface area contributed by atoms with Crippen molar-refractivity contribution in [1.29, 1.82) is 0 Å². The number of hydrogen-bond donors (Lipinski definition) is 0. The van der Waals surface area contributed by atoms with Crippen LogP contribution in [0.25, 0.3) is 0 Å². The lowest BCUT2D eigenvalue weighted by Gasteiger charge is -2.28. The predicted molar refractivity (Wildman–Crippen MR) is 100 cm³/mol. The number of methoxy groups -OCH3 is 2. The van der Waals surface area contributed by atoms with Crippen LogP contribution in [0.2, 0.25) is 0 Å². The second-order valence-corrected chi connectivity index (χ2v) is 5.87. The van der Waals surface area contributed by atoms with E-state index in [2.05, 4.69) is 11.2 Å². The summed E-state index contributed by atoms with van der Waals surface area (Å²) in [6, 6.07) is 13.4. The number of aryl methyl sites for hydroxylation is 1. The molecule has 0 aliphatic carbocycles. The van der Waals surface area contributed by atoms with Crippen LogP contribution in [-0.2, 0) is 16.1 Å². The molecule has 2 aromatic carbocycles. The van der Waals surface area contributed by atoms with Crippen molar-refractivity contribution in [2.24, 2.45) is 5.16 Å². The first-order chi connectivity index (χ1) is 12.7. The second-order valence-electron chi connectivity index (χ2n) is 5.87. The van der Waals surface area contributed by atoms with Gasteiger partial charge < -0.3 is 19.2 Å². The fourth-order valence-electron chi connectivity index (χ4n) is 3.07. The number of fused-ring (bicyclic) bond motifs is 1. The fraction of sp³-hybridized carbons (Fsp3) is 0.300. The maximum absolute atomic E-state index is 12.5. The Morgan fingerprint density at radius 3 is 2.81 bits per heavy atom. The van der Waals surface area contributed by atoms with E-state index in [1.54, 1.807) is 25.2 Å². The first-order valence-electron chi connectivity index (χ1n) is 8.49. The van der Waals surface area contributed by atoms with Crippen LogP contribution >= 0.6 is 0 Å². The summed E-state index contributed by atoms with van der Waals surface area (Å²) in [7, 11) is 3.14. The zero-order valence-corrected chi connectivity index (χ0v) is 15.0. The number of benzene rings is 2. The Bertz CT molecular complexity index is 804. The lowest BCUT2D eigenvalue weighted by molar-refractivity contribution is -0.123. The predicted octanol–water partition coefficient (Wildman–Crippen LogP) is 3.03. The summed E-state index contributed by atoms with van der Waals surface area (Å²) in [5, 5.41) is 3.91. The topological polar surface area (TPSA) is 60.4 Å². The summed E-state index contributed by atoms with van der Waals surface area (Å²) in [4.78, 5) is 19.5. The minimum Gasteiger partial charge on any atom is -0.493 e. The van der Waals surface area contributed by atoms with Gasteiger partial charge >= 0.3 is 0 Å². The van der Waals surface area contributed by atoms with Crippen molar-refractivity contribution < 1.29 is 19.1 Å². The molecule has 0 unspecified atom stereocenters. The minimum absolute atomic E-state index is 0.105. The van der Waals surface area contributed by atoms with Gasteiger partial charge in [-0.1, -0.05) is 29.4 Å². The van der Waals surface area contributed by atoms with E-state index in [0.29, 0.717) is 23.6 Å². The Morgan fingerprint density at radius 2 is 2.00 bits per heavy atom. The summed E-state index contributed by atoms with van der Waals surface area (Å²) < 4.78 is 10.6. The Kier molecular flexibility index (Phi) is 5.73. The molecule has 1 aliphatic heterocycles. The molecule has 0 saturated carbocycles. The number of carbonyl (C=O) groups is 1. The third-order valence-corrected chi connectivity index (χ3v) is 4.30. The SMILES string of the molecule is COc1cccc(/C=N\OCC(=O)N2CCCc3ccccc32)c1OC. The lowest BCUT2D eigenvalue weighted by atomic mass is 10.0. The molecular weight excluding hydrogens is 332 g/mol. The molecule has 26 heavy (non-hydrogen) atoms. The zero-order valence-electron chi connectivity index (χ0n) is 15.0. The van der Waals surface area contributed by atoms with E-state index >= 15 is 0 Å². The summed E-state index contributed by atoms with van der Waals surface area (Å²) in [6.07, 6.45) is 3.46. The van der Waals surface area contributed by atoms with Crippen molar-refractivity contribution in [3.63, 3.8) is 0 Å². The van der Waals surface area contributed by atoms with Crippen LogP contribution in [0, 0.1) is 0 Å². The van der Waals surface area contributed by atoms with Crippen LogP contribution in [0.4, 0.5) is 5.69 Å². The molecule has 1 heterocycles. The van der Waals surface area contributed by atoms with E-state index in [1.807, 2.05) is 30.3 Å². The molecule has 0 spiro atoms. The molecule has 1 aliphatic rings. The fourth-order valence-corrected chi connectivity index (χ4v) is 3.07. The summed E-state index contributed by atoms with van der Waals surface area (Å²) in [6.45, 7) is 0.587. The van der Waals surface area contributed by atoms with Crippen molar-refractivity contribution >= 4 is 17.8 Å². The zero-order chi connectivity index (χ0) is 18.4. The van der Waals surface area contributed by atoms with E-state index in [9.17, 15) is 4.79 Å². The normalized spacial score (nSPS) is 13.4. The molecule has 0 radical (unpaired) electrons. The van der Waals surface area contributed by atoms with Gasteiger partial charge in [0.25, 0.3) is 5.91 Å². The molecule has 2 aromatic rings. The van der Waals surface area contributed by atoms with Crippen molar-refractivity contribution in [2.45, 2.75) is 12.8 Å². The van der Waals surface area contributed by atoms with Gasteiger partial charge in [0.2, 0.25) is 0 Å². The molecule has 0 aromatic heterocycles. The van der Waals surface area contributed by atoms with Crippen molar-refractivity contribution in [1.82, 2.24) is 0 Å². The highest BCUT2D eigenvalue weighted by Gasteiger charge is 2.22. The van der Waals surface area contributed by atoms with Gasteiger partial charge in [0.05, 0.1) is 20.4 Å². The van der Waals surface area contributed by atoms with E-state index in [1.165, 1.54) is 11.8 Å². The molecule has 6 heteroatoms. The van der Waals surface area contributed by atoms with Gasteiger partial charge in [0.1, 0.15) is 0 Å². The molecule has 3 rings (SSSR count). The maximum Gasteiger partial charge on any atom is 0.267 e. The highest BCUT2D eigenvalue weighted by molar-refractivity contribution is 5.95. The number of hydrogen-bond acceptors (Lipinski definition) is 5. The van der Waals surface area contributed by atoms with Crippen molar-refractivity contribution in [3.05, 3.63) is 53.6 Å². The number of oxime groups is 1. The first kappa shape index (κ1) is 17.8. The Labute approximate surface area is 153 Å². The Morgan fingerprint density at radius 1 is 1.15 bits per heavy atom. The molecule has 0 N–H and O–H groups in total. The number of para-hydroxylation sites is 2. The van der Waals surface area contributed by atoms with Crippen LogP contribution in [0.5, 0.6) is 11.5 Å². The monoisotopic (exact) mass is 354 g/mol. The first-order valence-corrected chi connectivity index (χ1v) is 8.49. The van der Waals surface area contributed by atoms with Gasteiger partial charge in [0, 0.05) is 17.8 Å². The molecule has 0 saturated heterocycles. The van der Waals surface area contributed by atoms with E-state index in [-0.39, 0.29) is 12.5 Å². The van der Waals surface area contributed by atoms with E-state index < -0.39 is 0 Å². The molecule has 0 bridgehead atoms. The minimum atomic E-state index is -0.114. The van der Waals surface area contributed by atoms with Crippen molar-refractivity contribution in [2.75, 3.05) is 32.3 Å². The van der Waals surface area contributed by atoms with E-state index in [4.69, 9.17) is 14.3 Å². The number of anilines is 1. The third-order valence-electron chi connectivity index (χ3n) is 4.30. The molecule has 136 valence electrons. The quantitative estimate of drug-likeness (QED) is 0.591. The molecule has 0 atom stereocenters. The molecule has 1 amide bonds. The number of rotatable bonds is 6. The maximum atomic E-state index is 12.5. The second kappa shape index (κ2) is 8.38. The molecular formula is C20H22N2O4. The third kappa shape index (κ3) is 3.79. The van der Waals surface area contributed by atoms with Crippen molar-refractivity contribution in [3.8, 4) is 11.5 Å². The van der Waals surface area contributed by atoms with E-state index in [0.717, 1.165) is 18.5 Å². The summed E-state index contributed by atoms with van der Waals surface area (Å²) in [5.74, 6) is 1.07. The molecule has 6 nitrogen and oxygen atoms in total. The average molecular weight is 354 g/mol. The molecule has 0 fully saturated rings. The highest BCUT2D eigenvalue weighted by atomic mass is 16.6. The number of nitrogens with zero attached hydrogens (tertiary/aromatic N) is 2. The summed E-state index contributed by atoms with van der Waals surface area (Å²) in [5.41, 5.74) is 2.87. The van der Waals surface area contributed by atoms with Gasteiger partial charge in [-0.15, -0.1) is 0 Å². The lowest BCUT2D eigenvalue weighted by Crippen LogP contribution is -2.37. The van der Waals surface area contributed by atoms with Gasteiger partial charge in [-0.05, 0) is 36.6 Å². The van der Waals surface area contributed by atoms with Gasteiger partial charge in [-0.2, -0.15) is 0 Å². The van der Waals surface area contributed by atoms with Crippen LogP contribution in [0.15, 0.2) is 47.6 Å². The van der Waals surface area contributed by atoms with Crippen LogP contribution in [0.3, 0.4) is 0 Å². The average Bonchev–Trinajstić information content (AvgIpc) is 2.70. The number of amides is 1. The Balaban J connectivity index is 1.62. The van der Waals surface area contributed by atoms with Crippen LogP contribution in [0.1, 0.15) is 17.5 Å².